The average Bonchev–Trinajstić information content (AvgIpc) is 3.38. The number of aromatic carboxylic acids is 1. The van der Waals surface area contributed by atoms with E-state index in [0.717, 1.165) is 30.1 Å². The van der Waals surface area contributed by atoms with E-state index >= 15 is 0 Å². The van der Waals surface area contributed by atoms with Crippen molar-refractivity contribution in [2.45, 2.75) is 6.92 Å². The van der Waals surface area contributed by atoms with Crippen LogP contribution in [0.1, 0.15) is 28.4 Å². The molecule has 0 bridgehead atoms. The third kappa shape index (κ3) is 6.42. The number of nitriles is 1. The molecule has 1 aliphatic heterocycles. The number of nitrogen functional groups attached to an aromatic ring is 1. The lowest BCUT2D eigenvalue weighted by Crippen LogP contribution is -2.23. The Labute approximate surface area is 238 Å². The second-order valence-electron chi connectivity index (χ2n) is 8.64. The molecule has 1 aliphatic rings. The third-order valence-corrected chi connectivity index (χ3v) is 5.79. The fraction of sp³-hybridized carbons (Fsp3) is 0.231. The van der Waals surface area contributed by atoms with Gasteiger partial charge in [0.25, 0.3) is 0 Å². The summed E-state index contributed by atoms with van der Waals surface area (Å²) in [5, 5.41) is 33.5. The van der Waals surface area contributed by atoms with Gasteiger partial charge in [-0.3, -0.25) is 19.9 Å². The van der Waals surface area contributed by atoms with E-state index in [4.69, 9.17) is 19.9 Å². The van der Waals surface area contributed by atoms with E-state index in [1.165, 1.54) is 0 Å². The lowest BCUT2D eigenvalue weighted by atomic mass is 10.1. The Morgan fingerprint density at radius 3 is 2.69 bits per heavy atom. The van der Waals surface area contributed by atoms with Crippen LogP contribution >= 0.6 is 0 Å². The van der Waals surface area contributed by atoms with Gasteiger partial charge in [-0.1, -0.05) is 12.1 Å². The van der Waals surface area contributed by atoms with Crippen LogP contribution in [0.2, 0.25) is 0 Å². The molecule has 3 aromatic rings. The maximum Gasteiger partial charge on any atom is 0.373 e. The predicted molar refractivity (Wildman–Crippen MR) is 147 cm³/mol. The fourth-order valence-electron chi connectivity index (χ4n) is 3.89. The number of hydrogen-bond donors (Lipinski definition) is 3. The zero-order chi connectivity index (χ0) is 30.4. The number of rotatable bonds is 11. The summed E-state index contributed by atoms with van der Waals surface area (Å²) >= 11 is 0. The second-order valence-corrected chi connectivity index (χ2v) is 8.64. The maximum absolute atomic E-state index is 12.1. The number of nitro groups is 1. The van der Waals surface area contributed by atoms with Crippen molar-refractivity contribution in [3.05, 3.63) is 63.2 Å². The van der Waals surface area contributed by atoms with E-state index in [1.54, 1.807) is 31.2 Å². The third-order valence-electron chi connectivity index (χ3n) is 5.79. The average molecular weight is 577 g/mol. The molecule has 0 unspecified atom stereocenters. The smallest absolute Gasteiger partial charge is 0.373 e. The number of nitrogens with zero attached hydrogens (tertiary/aromatic N) is 6. The molecule has 0 saturated heterocycles. The molecule has 0 atom stereocenters. The minimum atomic E-state index is -1.45. The number of aliphatic imine (C=N–C) groups is 1. The summed E-state index contributed by atoms with van der Waals surface area (Å²) in [6.45, 7) is 2.56. The minimum absolute atomic E-state index is 0.0757. The number of anilines is 2. The first kappa shape index (κ1) is 29.0. The zero-order valence-corrected chi connectivity index (χ0v) is 22.4. The molecule has 0 spiro atoms. The van der Waals surface area contributed by atoms with Crippen LogP contribution in [0.15, 0.2) is 41.4 Å². The molecule has 16 nitrogen and oxygen atoms in total. The first-order valence-corrected chi connectivity index (χ1v) is 12.4. The fourth-order valence-corrected chi connectivity index (χ4v) is 3.89. The predicted octanol–water partition coefficient (Wildman–Crippen LogP) is 2.79. The summed E-state index contributed by atoms with van der Waals surface area (Å²) in [4.78, 5) is 49.5. The molecule has 4 N–H and O–H groups in total. The number of esters is 1. The summed E-state index contributed by atoms with van der Waals surface area (Å²) in [6.07, 6.45) is 0. The molecular formula is C26H24N8O8. The number of nitrogens with one attached hydrogen (secondary N) is 1. The van der Waals surface area contributed by atoms with Crippen LogP contribution < -0.4 is 20.5 Å². The standard InChI is InChI=1S/C26H24N8O8/c1-3-40-19(35)13-30-22-21(34(38)39)24(42-18-10-14(12-27)9-17(20(18)28)25(36)37)32-26(31-22)41-16-6-4-5-15(11-16)23-29-7-8-33(23)2/h4-6,9-11H,3,7-8,13,28H2,1-2H3,(H,36,37)(H,30,31,32). The van der Waals surface area contributed by atoms with Crippen molar-refractivity contribution in [3.63, 3.8) is 0 Å². The van der Waals surface area contributed by atoms with E-state index in [2.05, 4.69) is 20.3 Å². The molecule has 0 fully saturated rings. The van der Waals surface area contributed by atoms with E-state index in [-0.39, 0.29) is 23.7 Å². The van der Waals surface area contributed by atoms with Gasteiger partial charge in [0.2, 0.25) is 5.82 Å². The van der Waals surface area contributed by atoms with Crippen molar-refractivity contribution in [3.8, 4) is 29.5 Å². The first-order chi connectivity index (χ1) is 20.1. The highest BCUT2D eigenvalue weighted by Gasteiger charge is 2.30. The lowest BCUT2D eigenvalue weighted by molar-refractivity contribution is -0.385. The van der Waals surface area contributed by atoms with Crippen molar-refractivity contribution in [2.24, 2.45) is 4.99 Å². The summed E-state index contributed by atoms with van der Waals surface area (Å²) in [5.74, 6) is -2.73. The van der Waals surface area contributed by atoms with Crippen molar-refractivity contribution in [1.29, 1.82) is 5.26 Å². The zero-order valence-electron chi connectivity index (χ0n) is 22.4. The normalized spacial score (nSPS) is 12.2. The number of hydrogen-bond acceptors (Lipinski definition) is 14. The van der Waals surface area contributed by atoms with Gasteiger partial charge in [0.1, 0.15) is 18.1 Å². The van der Waals surface area contributed by atoms with Crippen LogP contribution in [0.4, 0.5) is 17.2 Å². The van der Waals surface area contributed by atoms with Gasteiger partial charge in [0.15, 0.2) is 5.75 Å². The quantitative estimate of drug-likeness (QED) is 0.129. The molecular weight excluding hydrogens is 552 g/mol. The van der Waals surface area contributed by atoms with Gasteiger partial charge in [-0.05, 0) is 25.1 Å². The summed E-state index contributed by atoms with van der Waals surface area (Å²) in [5.41, 5.74) is 4.86. The van der Waals surface area contributed by atoms with Gasteiger partial charge in [-0.25, -0.2) is 4.79 Å². The maximum atomic E-state index is 12.1. The van der Waals surface area contributed by atoms with Crippen molar-refractivity contribution in [1.82, 2.24) is 14.9 Å². The Morgan fingerprint density at radius 1 is 1.26 bits per heavy atom. The molecule has 42 heavy (non-hydrogen) atoms. The van der Waals surface area contributed by atoms with Crippen LogP contribution in [-0.2, 0) is 9.53 Å². The number of carbonyl (C=O) groups excluding carboxylic acids is 1. The molecule has 0 amide bonds. The van der Waals surface area contributed by atoms with E-state index in [1.807, 2.05) is 18.0 Å². The molecule has 16 heteroatoms. The van der Waals surface area contributed by atoms with Gasteiger partial charge in [-0.15, -0.1) is 0 Å². The first-order valence-electron chi connectivity index (χ1n) is 12.4. The Balaban J connectivity index is 1.80. The highest BCUT2D eigenvalue weighted by Crippen LogP contribution is 2.40. The monoisotopic (exact) mass is 576 g/mol. The Morgan fingerprint density at radius 2 is 2.05 bits per heavy atom. The van der Waals surface area contributed by atoms with Gasteiger partial charge in [0.05, 0.1) is 41.0 Å². The second kappa shape index (κ2) is 12.5. The summed E-state index contributed by atoms with van der Waals surface area (Å²) in [6, 6.07) is 10.3. The molecule has 2 aromatic carbocycles. The number of benzene rings is 2. The number of amidine groups is 1. The van der Waals surface area contributed by atoms with Gasteiger partial charge < -0.3 is 35.3 Å². The van der Waals surface area contributed by atoms with Crippen LogP contribution in [0.25, 0.3) is 0 Å². The molecule has 216 valence electrons. The topological polar surface area (TPSA) is 228 Å². The van der Waals surface area contributed by atoms with Crippen molar-refractivity contribution >= 4 is 35.0 Å². The number of likely N-dealkylation sites (N-methyl/N-ethyl adjacent to an activating group) is 1. The Hall–Kier alpha value is -5.98. The minimum Gasteiger partial charge on any atom is -0.478 e. The van der Waals surface area contributed by atoms with Crippen LogP contribution in [0.3, 0.4) is 0 Å². The number of carboxylic acid groups (broad SMARTS) is 1. The largest absolute Gasteiger partial charge is 0.478 e. The van der Waals surface area contributed by atoms with Crippen LogP contribution in [-0.4, -0.2) is 76.0 Å². The highest BCUT2D eigenvalue weighted by molar-refractivity contribution is 6.00. The summed E-state index contributed by atoms with van der Waals surface area (Å²) < 4.78 is 16.3. The number of carboxylic acids is 1. The molecule has 0 aliphatic carbocycles. The number of ether oxygens (including phenoxy) is 3. The molecule has 1 aromatic heterocycles. The van der Waals surface area contributed by atoms with Crippen LogP contribution in [0.5, 0.6) is 23.4 Å². The Kier molecular flexibility index (Phi) is 8.61. The van der Waals surface area contributed by atoms with E-state index in [9.17, 15) is 30.1 Å². The highest BCUT2D eigenvalue weighted by atomic mass is 16.6. The molecule has 0 radical (unpaired) electrons. The molecule has 4 rings (SSSR count). The van der Waals surface area contributed by atoms with Gasteiger partial charge in [0, 0.05) is 25.2 Å². The Bertz CT molecular complexity index is 1640. The van der Waals surface area contributed by atoms with Crippen molar-refractivity contribution < 1.29 is 33.8 Å². The number of nitrogens with two attached hydrogens (primary N) is 1. The number of carbonyl (C=O) groups is 2. The molecule has 0 saturated carbocycles. The van der Waals surface area contributed by atoms with Crippen LogP contribution in [0, 0.1) is 21.4 Å². The number of aromatic nitrogens is 2. The molecule has 2 heterocycles. The van der Waals surface area contributed by atoms with E-state index < -0.39 is 58.1 Å². The summed E-state index contributed by atoms with van der Waals surface area (Å²) in [7, 11) is 1.90. The van der Waals surface area contributed by atoms with Gasteiger partial charge in [-0.2, -0.15) is 15.2 Å². The van der Waals surface area contributed by atoms with Gasteiger partial charge >= 0.3 is 29.5 Å². The SMILES string of the molecule is CCOC(=O)CNc1nc(Oc2cccc(C3=NCCN3C)c2)nc(Oc2cc(C#N)cc(C(=O)O)c2N)c1[N+](=O)[O-]. The van der Waals surface area contributed by atoms with Crippen molar-refractivity contribution in [2.75, 3.05) is 44.3 Å². The van der Waals surface area contributed by atoms with E-state index in [0.29, 0.717) is 6.54 Å². The lowest BCUT2D eigenvalue weighted by Gasteiger charge is -2.15.